The molecule has 0 bridgehead atoms. The molecular formula is C12H12N2O2. The smallest absolute Gasteiger partial charge is 0.181 e. The third kappa shape index (κ3) is 1.74. The molecule has 1 unspecified atom stereocenters. The average molecular weight is 216 g/mol. The van der Waals surface area contributed by atoms with Crippen molar-refractivity contribution in [2.75, 3.05) is 11.9 Å². The van der Waals surface area contributed by atoms with Gasteiger partial charge < -0.3 is 14.5 Å². The predicted molar refractivity (Wildman–Crippen MR) is 59.6 cm³/mol. The molecule has 4 nitrogen and oxygen atoms in total. The van der Waals surface area contributed by atoms with Gasteiger partial charge in [-0.3, -0.25) is 4.98 Å². The molecular weight excluding hydrogens is 204 g/mol. The van der Waals surface area contributed by atoms with Crippen molar-refractivity contribution in [3.63, 3.8) is 0 Å². The summed E-state index contributed by atoms with van der Waals surface area (Å²) in [6, 6.07) is 4.00. The minimum Gasteiger partial charge on any atom is -0.483 e. The van der Waals surface area contributed by atoms with Crippen LogP contribution in [0.2, 0.25) is 0 Å². The highest BCUT2D eigenvalue weighted by atomic mass is 16.5. The fourth-order valence-electron chi connectivity index (χ4n) is 1.85. The lowest BCUT2D eigenvalue weighted by atomic mass is 10.1. The number of hydrogen-bond acceptors (Lipinski definition) is 4. The second-order valence-electron chi connectivity index (χ2n) is 3.84. The molecule has 1 aliphatic heterocycles. The van der Waals surface area contributed by atoms with E-state index in [-0.39, 0.29) is 6.10 Å². The van der Waals surface area contributed by atoms with Gasteiger partial charge in [-0.05, 0) is 11.6 Å². The molecule has 3 heterocycles. The van der Waals surface area contributed by atoms with Crippen LogP contribution in [0.25, 0.3) is 0 Å². The van der Waals surface area contributed by atoms with Crippen molar-refractivity contribution < 1.29 is 9.15 Å². The summed E-state index contributed by atoms with van der Waals surface area (Å²) >= 11 is 0. The van der Waals surface area contributed by atoms with E-state index in [1.54, 1.807) is 18.7 Å². The number of hydrogen-bond donors (Lipinski definition) is 1. The predicted octanol–water partition coefficient (Wildman–Crippen LogP) is 2.09. The van der Waals surface area contributed by atoms with Crippen molar-refractivity contribution in [3.8, 4) is 5.75 Å². The van der Waals surface area contributed by atoms with Crippen molar-refractivity contribution in [1.82, 2.24) is 4.98 Å². The Bertz CT molecular complexity index is 467. The molecule has 0 amide bonds. The van der Waals surface area contributed by atoms with Crippen LogP contribution in [0.15, 0.2) is 41.5 Å². The molecule has 3 rings (SSSR count). The zero-order valence-electron chi connectivity index (χ0n) is 8.72. The highest BCUT2D eigenvalue weighted by molar-refractivity contribution is 5.55. The quantitative estimate of drug-likeness (QED) is 0.835. The lowest BCUT2D eigenvalue weighted by Crippen LogP contribution is -2.32. The summed E-state index contributed by atoms with van der Waals surface area (Å²) in [4.78, 5) is 4.09. The largest absolute Gasteiger partial charge is 0.483 e. The van der Waals surface area contributed by atoms with Crippen LogP contribution >= 0.6 is 0 Å². The van der Waals surface area contributed by atoms with E-state index in [1.165, 1.54) is 5.56 Å². The topological polar surface area (TPSA) is 47.3 Å². The Hall–Kier alpha value is -1.97. The summed E-state index contributed by atoms with van der Waals surface area (Å²) in [5.74, 6) is 0.792. The van der Waals surface area contributed by atoms with Crippen LogP contribution in [0.3, 0.4) is 0 Å². The Morgan fingerprint density at radius 1 is 1.44 bits per heavy atom. The standard InChI is InChI=1S/C12H12N2O2/c1-2-9(5-13-3-1)4-10-6-14-11-7-15-8-12(11)16-10/h1-3,5,7-8,10,14H,4,6H2. The van der Waals surface area contributed by atoms with Gasteiger partial charge in [0.05, 0.1) is 6.54 Å². The molecule has 0 aliphatic carbocycles. The second-order valence-corrected chi connectivity index (χ2v) is 3.84. The average Bonchev–Trinajstić information content (AvgIpc) is 2.77. The number of pyridine rings is 1. The van der Waals surface area contributed by atoms with Crippen molar-refractivity contribution in [2.24, 2.45) is 0 Å². The first-order valence-corrected chi connectivity index (χ1v) is 5.27. The van der Waals surface area contributed by atoms with Crippen LogP contribution in [-0.4, -0.2) is 17.6 Å². The first-order valence-electron chi connectivity index (χ1n) is 5.27. The third-order valence-electron chi connectivity index (χ3n) is 2.63. The number of aromatic nitrogens is 1. The van der Waals surface area contributed by atoms with E-state index in [0.29, 0.717) is 0 Å². The molecule has 1 N–H and O–H groups in total. The Kier molecular flexibility index (Phi) is 2.25. The van der Waals surface area contributed by atoms with Gasteiger partial charge in [-0.25, -0.2) is 0 Å². The van der Waals surface area contributed by atoms with Gasteiger partial charge in [0.15, 0.2) is 5.75 Å². The van der Waals surface area contributed by atoms with Gasteiger partial charge in [-0.15, -0.1) is 0 Å². The first kappa shape index (κ1) is 9.27. The maximum absolute atomic E-state index is 5.79. The molecule has 0 spiro atoms. The monoisotopic (exact) mass is 216 g/mol. The molecule has 0 radical (unpaired) electrons. The molecule has 0 aromatic carbocycles. The number of anilines is 1. The first-order chi connectivity index (χ1) is 7.92. The van der Waals surface area contributed by atoms with Crippen molar-refractivity contribution >= 4 is 5.69 Å². The van der Waals surface area contributed by atoms with E-state index < -0.39 is 0 Å². The molecule has 0 saturated carbocycles. The summed E-state index contributed by atoms with van der Waals surface area (Å²) in [5.41, 5.74) is 2.11. The maximum Gasteiger partial charge on any atom is 0.181 e. The van der Waals surface area contributed by atoms with E-state index in [1.807, 2.05) is 12.3 Å². The Balaban J connectivity index is 1.71. The summed E-state index contributed by atoms with van der Waals surface area (Å²) in [6.07, 6.45) is 7.92. The van der Waals surface area contributed by atoms with Gasteiger partial charge in [-0.2, -0.15) is 0 Å². The normalized spacial score (nSPS) is 18.4. The lowest BCUT2D eigenvalue weighted by Gasteiger charge is -2.24. The van der Waals surface area contributed by atoms with E-state index in [0.717, 1.165) is 24.4 Å². The van der Waals surface area contributed by atoms with Crippen molar-refractivity contribution in [1.29, 1.82) is 0 Å². The summed E-state index contributed by atoms with van der Waals surface area (Å²) in [5, 5.41) is 3.27. The van der Waals surface area contributed by atoms with Crippen molar-refractivity contribution in [2.45, 2.75) is 12.5 Å². The Morgan fingerprint density at radius 3 is 3.31 bits per heavy atom. The number of furan rings is 1. The Morgan fingerprint density at radius 2 is 2.44 bits per heavy atom. The summed E-state index contributed by atoms with van der Waals surface area (Å²) < 4.78 is 10.9. The zero-order valence-corrected chi connectivity index (χ0v) is 8.72. The van der Waals surface area contributed by atoms with Crippen LogP contribution in [0.4, 0.5) is 5.69 Å². The van der Waals surface area contributed by atoms with Gasteiger partial charge in [0.25, 0.3) is 0 Å². The van der Waals surface area contributed by atoms with E-state index in [4.69, 9.17) is 9.15 Å². The molecule has 4 heteroatoms. The third-order valence-corrected chi connectivity index (χ3v) is 2.63. The fraction of sp³-hybridized carbons (Fsp3) is 0.250. The van der Waals surface area contributed by atoms with Gasteiger partial charge in [0.2, 0.25) is 0 Å². The van der Waals surface area contributed by atoms with Crippen LogP contribution in [-0.2, 0) is 6.42 Å². The van der Waals surface area contributed by atoms with Gasteiger partial charge in [0, 0.05) is 18.8 Å². The van der Waals surface area contributed by atoms with E-state index in [9.17, 15) is 0 Å². The van der Waals surface area contributed by atoms with Gasteiger partial charge >= 0.3 is 0 Å². The second kappa shape index (κ2) is 3.89. The van der Waals surface area contributed by atoms with Crippen LogP contribution in [0.5, 0.6) is 5.75 Å². The highest BCUT2D eigenvalue weighted by Crippen LogP contribution is 2.30. The molecule has 16 heavy (non-hydrogen) atoms. The molecule has 82 valence electrons. The number of nitrogens with one attached hydrogen (secondary N) is 1. The molecule has 2 aromatic rings. The number of fused-ring (bicyclic) bond motifs is 1. The molecule has 0 saturated heterocycles. The van der Waals surface area contributed by atoms with E-state index in [2.05, 4.69) is 16.4 Å². The van der Waals surface area contributed by atoms with Crippen molar-refractivity contribution in [3.05, 3.63) is 42.6 Å². The summed E-state index contributed by atoms with van der Waals surface area (Å²) in [7, 11) is 0. The Labute approximate surface area is 93.3 Å². The number of rotatable bonds is 2. The zero-order chi connectivity index (χ0) is 10.8. The number of ether oxygens (including phenoxy) is 1. The van der Waals surface area contributed by atoms with Gasteiger partial charge in [-0.1, -0.05) is 6.07 Å². The SMILES string of the molecule is c1cncc(CC2CNc3cocc3O2)c1. The van der Waals surface area contributed by atoms with E-state index >= 15 is 0 Å². The van der Waals surface area contributed by atoms with Gasteiger partial charge in [0.1, 0.15) is 24.3 Å². The number of nitrogens with zero attached hydrogens (tertiary/aromatic N) is 1. The molecule has 1 atom stereocenters. The summed E-state index contributed by atoms with van der Waals surface area (Å²) in [6.45, 7) is 0.793. The minimum absolute atomic E-state index is 0.134. The molecule has 1 aliphatic rings. The lowest BCUT2D eigenvalue weighted by molar-refractivity contribution is 0.205. The maximum atomic E-state index is 5.79. The molecule has 2 aromatic heterocycles. The van der Waals surface area contributed by atoms with Crippen LogP contribution in [0, 0.1) is 0 Å². The fourth-order valence-corrected chi connectivity index (χ4v) is 1.85. The van der Waals surface area contributed by atoms with Crippen LogP contribution < -0.4 is 10.1 Å². The molecule has 0 fully saturated rings. The minimum atomic E-state index is 0.134. The highest BCUT2D eigenvalue weighted by Gasteiger charge is 2.20. The van der Waals surface area contributed by atoms with Crippen LogP contribution in [0.1, 0.15) is 5.56 Å².